The van der Waals surface area contributed by atoms with Crippen LogP contribution in [0.4, 0.5) is 0 Å². The minimum Gasteiger partial charge on any atom is -0.373 e. The van der Waals surface area contributed by atoms with E-state index in [1.807, 2.05) is 18.2 Å². The van der Waals surface area contributed by atoms with Crippen LogP contribution in [-0.4, -0.2) is 12.4 Å². The summed E-state index contributed by atoms with van der Waals surface area (Å²) in [6.45, 7) is 0.671. The average molecular weight is 287 g/mol. The molecule has 0 aromatic heterocycles. The fourth-order valence-electron chi connectivity index (χ4n) is 2.59. The number of hydrogen-bond acceptors (Lipinski definition) is 2. The van der Waals surface area contributed by atoms with E-state index in [9.17, 15) is 4.79 Å². The van der Waals surface area contributed by atoms with Crippen molar-refractivity contribution in [2.75, 3.05) is 6.61 Å². The Morgan fingerprint density at radius 2 is 2.05 bits per heavy atom. The molecule has 0 saturated carbocycles. The second kappa shape index (κ2) is 5.78. The van der Waals surface area contributed by atoms with Gasteiger partial charge in [-0.05, 0) is 29.7 Å². The van der Waals surface area contributed by atoms with Crippen molar-refractivity contribution in [3.8, 4) is 0 Å². The van der Waals surface area contributed by atoms with E-state index in [4.69, 9.17) is 16.3 Å². The van der Waals surface area contributed by atoms with Gasteiger partial charge in [-0.2, -0.15) is 0 Å². The zero-order valence-electron chi connectivity index (χ0n) is 11.0. The number of benzene rings is 2. The van der Waals surface area contributed by atoms with Gasteiger partial charge < -0.3 is 4.74 Å². The number of carbonyl (C=O) groups excluding carboxylic acids is 1. The molecule has 1 aliphatic rings. The first-order valence-electron chi connectivity index (χ1n) is 6.72. The van der Waals surface area contributed by atoms with Crippen LogP contribution >= 0.6 is 11.6 Å². The van der Waals surface area contributed by atoms with E-state index in [1.165, 1.54) is 5.56 Å². The normalized spacial score (nSPS) is 17.6. The van der Waals surface area contributed by atoms with Gasteiger partial charge in [0.15, 0.2) is 5.78 Å². The first kappa shape index (κ1) is 13.3. The number of fused-ring (bicyclic) bond motifs is 1. The zero-order valence-corrected chi connectivity index (χ0v) is 11.8. The third-order valence-electron chi connectivity index (χ3n) is 3.61. The van der Waals surface area contributed by atoms with E-state index in [2.05, 4.69) is 6.07 Å². The molecule has 2 nitrogen and oxygen atoms in total. The Morgan fingerprint density at radius 3 is 2.90 bits per heavy atom. The number of halogens is 1. The van der Waals surface area contributed by atoms with Crippen LogP contribution in [0.1, 0.15) is 34.0 Å². The molecular weight excluding hydrogens is 272 g/mol. The highest BCUT2D eigenvalue weighted by molar-refractivity contribution is 6.31. The number of Topliss-reactive ketones (excluding diaryl/α,β-unsaturated/α-hetero) is 1. The highest BCUT2D eigenvalue weighted by Gasteiger charge is 2.23. The zero-order chi connectivity index (χ0) is 13.9. The molecule has 1 atom stereocenters. The Labute approximate surface area is 123 Å². The highest BCUT2D eigenvalue weighted by Crippen LogP contribution is 2.30. The van der Waals surface area contributed by atoms with Gasteiger partial charge in [0.05, 0.1) is 12.7 Å². The van der Waals surface area contributed by atoms with E-state index < -0.39 is 0 Å². The van der Waals surface area contributed by atoms with Gasteiger partial charge >= 0.3 is 0 Å². The Bertz CT molecular complexity index is 636. The van der Waals surface area contributed by atoms with Gasteiger partial charge in [0.2, 0.25) is 0 Å². The Hall–Kier alpha value is -1.64. The third-order valence-corrected chi connectivity index (χ3v) is 3.84. The van der Waals surface area contributed by atoms with Crippen LogP contribution in [0, 0.1) is 0 Å². The van der Waals surface area contributed by atoms with Crippen LogP contribution in [0.3, 0.4) is 0 Å². The largest absolute Gasteiger partial charge is 0.373 e. The number of rotatable bonds is 3. The highest BCUT2D eigenvalue weighted by atomic mass is 35.5. The van der Waals surface area contributed by atoms with Gasteiger partial charge in [0, 0.05) is 17.0 Å². The second-order valence-electron chi connectivity index (χ2n) is 4.95. The van der Waals surface area contributed by atoms with Gasteiger partial charge in [0.25, 0.3) is 0 Å². The summed E-state index contributed by atoms with van der Waals surface area (Å²) in [5.74, 6) is 0.0641. The molecule has 0 amide bonds. The standard InChI is InChI=1S/C17H15ClO2/c18-14-6-3-5-13(10-14)16(19)11-17-15-7-2-1-4-12(15)8-9-20-17/h1-7,10,17H,8-9,11H2. The summed E-state index contributed by atoms with van der Waals surface area (Å²) in [4.78, 5) is 12.3. The van der Waals surface area contributed by atoms with Gasteiger partial charge in [-0.1, -0.05) is 48.0 Å². The van der Waals surface area contributed by atoms with Crippen LogP contribution in [0.2, 0.25) is 5.02 Å². The number of ketones is 1. The fourth-order valence-corrected chi connectivity index (χ4v) is 2.78. The van der Waals surface area contributed by atoms with Gasteiger partial charge in [-0.15, -0.1) is 0 Å². The van der Waals surface area contributed by atoms with Crippen molar-refractivity contribution in [2.45, 2.75) is 18.9 Å². The quantitative estimate of drug-likeness (QED) is 0.790. The predicted molar refractivity (Wildman–Crippen MR) is 79.2 cm³/mol. The van der Waals surface area contributed by atoms with Gasteiger partial charge in [-0.25, -0.2) is 0 Å². The average Bonchev–Trinajstić information content (AvgIpc) is 2.47. The molecule has 3 heteroatoms. The summed E-state index contributed by atoms with van der Waals surface area (Å²) in [6, 6.07) is 15.2. The molecule has 2 aromatic rings. The SMILES string of the molecule is O=C(CC1OCCc2ccccc21)c1cccc(Cl)c1. The maximum Gasteiger partial charge on any atom is 0.165 e. The van der Waals surface area contributed by atoms with Gasteiger partial charge in [0.1, 0.15) is 0 Å². The van der Waals surface area contributed by atoms with E-state index in [1.54, 1.807) is 24.3 Å². The first-order valence-corrected chi connectivity index (χ1v) is 7.10. The van der Waals surface area contributed by atoms with E-state index in [-0.39, 0.29) is 11.9 Å². The molecule has 0 bridgehead atoms. The predicted octanol–water partition coefficient (Wildman–Crippen LogP) is 4.23. The maximum atomic E-state index is 12.3. The summed E-state index contributed by atoms with van der Waals surface area (Å²) in [7, 11) is 0. The van der Waals surface area contributed by atoms with E-state index >= 15 is 0 Å². The molecule has 0 spiro atoms. The van der Waals surface area contributed by atoms with Crippen molar-refractivity contribution in [3.05, 3.63) is 70.2 Å². The smallest absolute Gasteiger partial charge is 0.165 e. The molecular formula is C17H15ClO2. The van der Waals surface area contributed by atoms with Crippen LogP contribution in [0.5, 0.6) is 0 Å². The monoisotopic (exact) mass is 286 g/mol. The lowest BCUT2D eigenvalue weighted by Crippen LogP contribution is -2.19. The third kappa shape index (κ3) is 2.77. The van der Waals surface area contributed by atoms with Gasteiger partial charge in [-0.3, -0.25) is 4.79 Å². The summed E-state index contributed by atoms with van der Waals surface area (Å²) in [6.07, 6.45) is 1.13. The van der Waals surface area contributed by atoms with Crippen molar-refractivity contribution in [3.63, 3.8) is 0 Å². The van der Waals surface area contributed by atoms with Crippen molar-refractivity contribution in [2.24, 2.45) is 0 Å². The Kier molecular flexibility index (Phi) is 3.86. The van der Waals surface area contributed by atoms with E-state index in [0.717, 1.165) is 12.0 Å². The minimum absolute atomic E-state index is 0.0641. The molecule has 102 valence electrons. The molecule has 0 aliphatic carbocycles. The van der Waals surface area contributed by atoms with Crippen molar-refractivity contribution in [1.29, 1.82) is 0 Å². The summed E-state index contributed by atoms with van der Waals surface area (Å²) < 4.78 is 5.77. The first-order chi connectivity index (χ1) is 9.74. The van der Waals surface area contributed by atoms with Crippen LogP contribution in [0.15, 0.2) is 48.5 Å². The van der Waals surface area contributed by atoms with Crippen molar-refractivity contribution >= 4 is 17.4 Å². The molecule has 0 N–H and O–H groups in total. The van der Waals surface area contributed by atoms with Crippen molar-refractivity contribution < 1.29 is 9.53 Å². The molecule has 3 rings (SSSR count). The number of hydrogen-bond donors (Lipinski definition) is 0. The maximum absolute atomic E-state index is 12.3. The molecule has 0 saturated heterocycles. The van der Waals surface area contributed by atoms with Crippen LogP contribution in [0.25, 0.3) is 0 Å². The lowest BCUT2D eigenvalue weighted by atomic mass is 9.93. The lowest BCUT2D eigenvalue weighted by molar-refractivity contribution is 0.0352. The van der Waals surface area contributed by atoms with E-state index in [0.29, 0.717) is 23.6 Å². The van der Waals surface area contributed by atoms with Crippen LogP contribution < -0.4 is 0 Å². The Morgan fingerprint density at radius 1 is 1.20 bits per heavy atom. The molecule has 20 heavy (non-hydrogen) atoms. The summed E-state index contributed by atoms with van der Waals surface area (Å²) in [5, 5.41) is 0.584. The van der Waals surface area contributed by atoms with Crippen molar-refractivity contribution in [1.82, 2.24) is 0 Å². The number of carbonyl (C=O) groups is 1. The molecule has 1 aliphatic heterocycles. The lowest BCUT2D eigenvalue weighted by Gasteiger charge is -2.25. The molecule has 0 radical (unpaired) electrons. The molecule has 1 heterocycles. The Balaban J connectivity index is 1.81. The topological polar surface area (TPSA) is 26.3 Å². The molecule has 1 unspecified atom stereocenters. The fraction of sp³-hybridized carbons (Fsp3) is 0.235. The summed E-state index contributed by atoms with van der Waals surface area (Å²) in [5.41, 5.74) is 3.06. The molecule has 0 fully saturated rings. The molecule has 2 aromatic carbocycles. The minimum atomic E-state index is -0.147. The number of ether oxygens (including phenoxy) is 1. The summed E-state index contributed by atoms with van der Waals surface area (Å²) >= 11 is 5.93. The van der Waals surface area contributed by atoms with Crippen LogP contribution in [-0.2, 0) is 11.2 Å². The second-order valence-corrected chi connectivity index (χ2v) is 5.38.